The maximum Gasteiger partial charge on any atom is 0.181 e. The topological polar surface area (TPSA) is 77.2 Å². The number of carbonyl (C=O) groups is 1. The minimum atomic E-state index is -3.14. The van der Waals surface area contributed by atoms with Crippen LogP contribution in [0.4, 0.5) is 0 Å². The van der Waals surface area contributed by atoms with Gasteiger partial charge in [-0.2, -0.15) is 0 Å². The first kappa shape index (κ1) is 15.4. The molecule has 2 N–H and O–H groups in total. The van der Waals surface area contributed by atoms with E-state index >= 15 is 0 Å². The van der Waals surface area contributed by atoms with Gasteiger partial charge in [-0.25, -0.2) is 8.42 Å². The van der Waals surface area contributed by atoms with E-state index in [1.807, 2.05) is 0 Å². The molecule has 7 heteroatoms. The van der Waals surface area contributed by atoms with E-state index in [1.165, 1.54) is 12.1 Å². The number of rotatable bonds is 5. The van der Waals surface area contributed by atoms with Gasteiger partial charge in [-0.15, -0.1) is 0 Å². The Kier molecular flexibility index (Phi) is 5.16. The van der Waals surface area contributed by atoms with Crippen molar-refractivity contribution >= 4 is 38.8 Å². The second-order valence-corrected chi connectivity index (χ2v) is 7.12. The van der Waals surface area contributed by atoms with Crippen molar-refractivity contribution in [2.24, 2.45) is 5.73 Å². The fourth-order valence-electron chi connectivity index (χ4n) is 1.36. The van der Waals surface area contributed by atoms with Crippen LogP contribution < -0.4 is 5.73 Å². The van der Waals surface area contributed by atoms with Crippen molar-refractivity contribution in [1.29, 1.82) is 0 Å². The predicted octanol–water partition coefficient (Wildman–Crippen LogP) is 1.94. The second-order valence-electron chi connectivity index (χ2n) is 4.01. The molecular weight excluding hydrogens is 297 g/mol. The molecule has 1 atom stereocenters. The maximum atomic E-state index is 12.0. The van der Waals surface area contributed by atoms with Crippen molar-refractivity contribution < 1.29 is 13.2 Å². The summed E-state index contributed by atoms with van der Waals surface area (Å²) in [5.41, 5.74) is 5.87. The van der Waals surface area contributed by atoms with Gasteiger partial charge in [0.2, 0.25) is 0 Å². The fourth-order valence-corrected chi connectivity index (χ4v) is 2.42. The zero-order valence-corrected chi connectivity index (χ0v) is 12.0. The lowest BCUT2D eigenvalue weighted by molar-refractivity contribution is 0.0960. The van der Waals surface area contributed by atoms with Gasteiger partial charge in [-0.3, -0.25) is 4.79 Å². The van der Waals surface area contributed by atoms with Gasteiger partial charge in [0.15, 0.2) is 5.78 Å². The zero-order chi connectivity index (χ0) is 13.9. The van der Waals surface area contributed by atoms with Crippen LogP contribution in [0, 0.1) is 0 Å². The molecule has 1 aromatic rings. The largest absolute Gasteiger partial charge is 0.321 e. The highest BCUT2D eigenvalue weighted by atomic mass is 35.5. The molecule has 1 aromatic carbocycles. The lowest BCUT2D eigenvalue weighted by Crippen LogP contribution is -2.32. The van der Waals surface area contributed by atoms with E-state index in [4.69, 9.17) is 28.9 Å². The Labute approximate surface area is 116 Å². The highest BCUT2D eigenvalue weighted by Crippen LogP contribution is 2.22. The van der Waals surface area contributed by atoms with E-state index in [9.17, 15) is 13.2 Å². The Hall–Kier alpha value is -0.620. The number of benzene rings is 1. The van der Waals surface area contributed by atoms with E-state index in [0.29, 0.717) is 5.02 Å². The van der Waals surface area contributed by atoms with Gasteiger partial charge in [0, 0.05) is 16.8 Å². The molecule has 0 spiro atoms. The van der Waals surface area contributed by atoms with Crippen LogP contribution in [0.5, 0.6) is 0 Å². The van der Waals surface area contributed by atoms with Crippen LogP contribution in [0.25, 0.3) is 0 Å². The van der Waals surface area contributed by atoms with Gasteiger partial charge < -0.3 is 5.73 Å². The molecule has 0 aliphatic heterocycles. The molecule has 0 aliphatic rings. The molecule has 1 unspecified atom stereocenters. The Morgan fingerprint density at radius 3 is 2.56 bits per heavy atom. The summed E-state index contributed by atoms with van der Waals surface area (Å²) in [4.78, 5) is 12.0. The van der Waals surface area contributed by atoms with Crippen LogP contribution in [-0.4, -0.2) is 32.3 Å². The number of halogens is 2. The van der Waals surface area contributed by atoms with Gasteiger partial charge in [-0.1, -0.05) is 23.2 Å². The Bertz CT molecular complexity index is 557. The summed E-state index contributed by atoms with van der Waals surface area (Å²) in [7, 11) is -3.14. The molecule has 100 valence electrons. The van der Waals surface area contributed by atoms with Crippen LogP contribution >= 0.6 is 23.2 Å². The van der Waals surface area contributed by atoms with E-state index < -0.39 is 21.7 Å². The number of ketones is 1. The number of sulfone groups is 1. The van der Waals surface area contributed by atoms with E-state index in [2.05, 4.69) is 0 Å². The first-order valence-corrected chi connectivity index (χ1v) is 7.95. The van der Waals surface area contributed by atoms with E-state index in [-0.39, 0.29) is 22.8 Å². The molecule has 0 bridgehead atoms. The zero-order valence-electron chi connectivity index (χ0n) is 9.69. The average Bonchev–Trinajstić information content (AvgIpc) is 2.27. The monoisotopic (exact) mass is 309 g/mol. The van der Waals surface area contributed by atoms with Crippen LogP contribution in [0.2, 0.25) is 10.0 Å². The first-order valence-electron chi connectivity index (χ1n) is 5.13. The fraction of sp³-hybridized carbons (Fsp3) is 0.364. The quantitative estimate of drug-likeness (QED) is 0.843. The summed E-state index contributed by atoms with van der Waals surface area (Å²) in [6.07, 6.45) is 1.15. The summed E-state index contributed by atoms with van der Waals surface area (Å²) in [6.45, 7) is 0. The third-order valence-electron chi connectivity index (χ3n) is 2.33. The Morgan fingerprint density at radius 2 is 2.00 bits per heavy atom. The Morgan fingerprint density at radius 1 is 1.39 bits per heavy atom. The number of hydrogen-bond acceptors (Lipinski definition) is 4. The molecule has 0 fully saturated rings. The van der Waals surface area contributed by atoms with Gasteiger partial charge >= 0.3 is 0 Å². The second kappa shape index (κ2) is 6.02. The molecule has 0 amide bonds. The molecule has 1 rings (SSSR count). The smallest absolute Gasteiger partial charge is 0.181 e. The van der Waals surface area contributed by atoms with Gasteiger partial charge in [0.05, 0.1) is 16.8 Å². The van der Waals surface area contributed by atoms with Gasteiger partial charge in [-0.05, 0) is 24.6 Å². The molecule has 0 aliphatic carbocycles. The predicted molar refractivity (Wildman–Crippen MR) is 73.1 cm³/mol. The van der Waals surface area contributed by atoms with Crippen molar-refractivity contribution in [2.45, 2.75) is 12.5 Å². The highest BCUT2D eigenvalue weighted by Gasteiger charge is 2.20. The van der Waals surface area contributed by atoms with Gasteiger partial charge in [0.1, 0.15) is 9.84 Å². The minimum Gasteiger partial charge on any atom is -0.321 e. The first-order chi connectivity index (χ1) is 8.20. The van der Waals surface area contributed by atoms with Crippen LogP contribution in [-0.2, 0) is 9.84 Å². The number of carbonyl (C=O) groups excluding carboxylic acids is 1. The Balaban J connectivity index is 2.83. The summed E-state index contributed by atoms with van der Waals surface area (Å²) in [6, 6.07) is 3.58. The summed E-state index contributed by atoms with van der Waals surface area (Å²) in [5, 5.41) is 0.622. The third kappa shape index (κ3) is 4.57. The van der Waals surface area contributed by atoms with E-state index in [0.717, 1.165) is 6.26 Å². The highest BCUT2D eigenvalue weighted by molar-refractivity contribution is 7.90. The van der Waals surface area contributed by atoms with Gasteiger partial charge in [0.25, 0.3) is 0 Å². The molecule has 4 nitrogen and oxygen atoms in total. The molecule has 0 aromatic heterocycles. The van der Waals surface area contributed by atoms with Crippen molar-refractivity contribution in [3.8, 4) is 0 Å². The van der Waals surface area contributed by atoms with E-state index in [1.54, 1.807) is 6.07 Å². The van der Waals surface area contributed by atoms with Crippen molar-refractivity contribution in [2.75, 3.05) is 12.0 Å². The summed E-state index contributed by atoms with van der Waals surface area (Å²) in [5.74, 6) is -0.552. The summed E-state index contributed by atoms with van der Waals surface area (Å²) >= 11 is 11.6. The van der Waals surface area contributed by atoms with Crippen molar-refractivity contribution in [3.63, 3.8) is 0 Å². The van der Waals surface area contributed by atoms with Crippen LogP contribution in [0.1, 0.15) is 16.8 Å². The SMILES string of the molecule is CS(=O)(=O)CCC(N)C(=O)c1cc(Cl)ccc1Cl. The standard InChI is InChI=1S/C11H13Cl2NO3S/c1-18(16,17)5-4-10(14)11(15)8-6-7(12)2-3-9(8)13/h2-3,6,10H,4-5,14H2,1H3. The molecule has 0 heterocycles. The normalized spacial score (nSPS) is 13.3. The lowest BCUT2D eigenvalue weighted by atomic mass is 10.0. The molecule has 0 saturated carbocycles. The van der Waals surface area contributed by atoms with Crippen molar-refractivity contribution in [3.05, 3.63) is 33.8 Å². The number of hydrogen-bond donors (Lipinski definition) is 1. The molecular formula is C11H13Cl2NO3S. The molecule has 18 heavy (non-hydrogen) atoms. The third-order valence-corrected chi connectivity index (χ3v) is 3.87. The molecule has 0 radical (unpaired) electrons. The van der Waals surface area contributed by atoms with Crippen LogP contribution in [0.3, 0.4) is 0 Å². The average molecular weight is 310 g/mol. The molecule has 0 saturated heterocycles. The summed E-state index contributed by atoms with van der Waals surface area (Å²) < 4.78 is 22.0. The maximum absolute atomic E-state index is 12.0. The minimum absolute atomic E-state index is 0.0561. The lowest BCUT2D eigenvalue weighted by Gasteiger charge is -2.11. The number of nitrogens with two attached hydrogens (primary N) is 1. The number of Topliss-reactive ketones (excluding diaryl/α,β-unsaturated/α-hetero) is 1. The van der Waals surface area contributed by atoms with Crippen LogP contribution in [0.15, 0.2) is 18.2 Å². The van der Waals surface area contributed by atoms with Crippen molar-refractivity contribution in [1.82, 2.24) is 0 Å².